The molecule has 2 aromatic rings. The predicted molar refractivity (Wildman–Crippen MR) is 101 cm³/mol. The molecule has 0 aliphatic carbocycles. The van der Waals surface area contributed by atoms with Crippen molar-refractivity contribution in [2.24, 2.45) is 5.73 Å². The van der Waals surface area contributed by atoms with Gasteiger partial charge in [-0.1, -0.05) is 49.2 Å². The van der Waals surface area contributed by atoms with Gasteiger partial charge in [0.15, 0.2) is 0 Å². The van der Waals surface area contributed by atoms with Crippen LogP contribution in [-0.4, -0.2) is 22.2 Å². The second-order valence-corrected chi connectivity index (χ2v) is 7.23. The molecule has 0 saturated carbocycles. The molecule has 6 heteroatoms. The van der Waals surface area contributed by atoms with E-state index in [1.807, 2.05) is 26.0 Å². The van der Waals surface area contributed by atoms with Crippen LogP contribution in [-0.2, 0) is 17.6 Å². The van der Waals surface area contributed by atoms with E-state index in [0.717, 1.165) is 16.7 Å². The Morgan fingerprint density at radius 2 is 1.72 bits per heavy atom. The molecule has 1 atom stereocenters. The highest BCUT2D eigenvalue weighted by molar-refractivity contribution is 6.36. The number of carboxylic acids is 1. The number of benzene rings is 2. The fraction of sp³-hybridized carbons (Fsp3) is 0.316. The Bertz CT molecular complexity index is 767. The van der Waals surface area contributed by atoms with Crippen LogP contribution in [0.3, 0.4) is 0 Å². The Balaban J connectivity index is 2.29. The first-order chi connectivity index (χ1) is 11.7. The maximum Gasteiger partial charge on any atom is 0.320 e. The summed E-state index contributed by atoms with van der Waals surface area (Å²) in [6, 6.07) is 7.86. The number of rotatable bonds is 6. The molecule has 2 rings (SSSR count). The summed E-state index contributed by atoms with van der Waals surface area (Å²) in [4.78, 5) is 10.9. The van der Waals surface area contributed by atoms with Gasteiger partial charge in [0.05, 0.1) is 0 Å². The van der Waals surface area contributed by atoms with Gasteiger partial charge < -0.3 is 15.9 Å². The van der Waals surface area contributed by atoms with E-state index in [2.05, 4.69) is 0 Å². The molecule has 134 valence electrons. The molecule has 0 radical (unpaired) electrons. The van der Waals surface area contributed by atoms with E-state index >= 15 is 0 Å². The summed E-state index contributed by atoms with van der Waals surface area (Å²) >= 11 is 12.7. The molecular weight excluding hydrogens is 361 g/mol. The lowest BCUT2D eigenvalue weighted by Crippen LogP contribution is -2.32. The third-order valence-corrected chi connectivity index (χ3v) is 4.74. The fourth-order valence-electron chi connectivity index (χ4n) is 2.66. The third-order valence-electron chi connectivity index (χ3n) is 4.07. The summed E-state index contributed by atoms with van der Waals surface area (Å²) in [5.74, 6) is -0.596. The van der Waals surface area contributed by atoms with Gasteiger partial charge in [-0.3, -0.25) is 4.79 Å². The molecule has 0 amide bonds. The normalized spacial score (nSPS) is 12.4. The average Bonchev–Trinajstić information content (AvgIpc) is 2.52. The van der Waals surface area contributed by atoms with Crippen molar-refractivity contribution in [1.29, 1.82) is 0 Å². The van der Waals surface area contributed by atoms with Crippen LogP contribution in [0.4, 0.5) is 0 Å². The van der Waals surface area contributed by atoms with Crippen LogP contribution < -0.4 is 5.73 Å². The molecule has 4 nitrogen and oxygen atoms in total. The molecular formula is C19H21Cl2NO3. The number of phenolic OH excluding ortho intramolecular Hbond substituents is 1. The predicted octanol–water partition coefficient (Wildman–Crippen LogP) is 4.37. The zero-order valence-corrected chi connectivity index (χ0v) is 15.6. The van der Waals surface area contributed by atoms with Crippen molar-refractivity contribution in [1.82, 2.24) is 0 Å². The largest absolute Gasteiger partial charge is 0.508 e. The van der Waals surface area contributed by atoms with Crippen molar-refractivity contribution >= 4 is 29.2 Å². The SMILES string of the molecule is CC(C)c1cc(Cc2c(Cl)cc(CC(N)C(=O)O)cc2Cl)ccc1O. The van der Waals surface area contributed by atoms with Crippen molar-refractivity contribution in [2.45, 2.75) is 38.6 Å². The molecule has 0 aromatic heterocycles. The second kappa shape index (κ2) is 8.09. The van der Waals surface area contributed by atoms with Gasteiger partial charge in [0.25, 0.3) is 0 Å². The lowest BCUT2D eigenvalue weighted by molar-refractivity contribution is -0.138. The first-order valence-corrected chi connectivity index (χ1v) is 8.71. The standard InChI is InChI=1S/C19H21Cl2NO3/c1-10(2)13-5-11(3-4-18(13)23)6-14-15(20)7-12(8-16(14)21)9-17(22)19(24)25/h3-5,7-8,10,17,23H,6,9,22H2,1-2H3,(H,24,25). The Hall–Kier alpha value is -1.75. The van der Waals surface area contributed by atoms with Crippen molar-refractivity contribution in [2.75, 3.05) is 0 Å². The highest BCUT2D eigenvalue weighted by Crippen LogP contribution is 2.32. The van der Waals surface area contributed by atoms with Gasteiger partial charge in [-0.05, 0) is 52.8 Å². The minimum absolute atomic E-state index is 0.158. The van der Waals surface area contributed by atoms with Crippen LogP contribution >= 0.6 is 23.2 Å². The Labute approximate surface area is 157 Å². The summed E-state index contributed by atoms with van der Waals surface area (Å²) in [6.07, 6.45) is 0.675. The topological polar surface area (TPSA) is 83.6 Å². The average molecular weight is 382 g/mol. The van der Waals surface area contributed by atoms with E-state index < -0.39 is 12.0 Å². The van der Waals surface area contributed by atoms with Crippen LogP contribution in [0.15, 0.2) is 30.3 Å². The van der Waals surface area contributed by atoms with Gasteiger partial charge >= 0.3 is 5.97 Å². The fourth-order valence-corrected chi connectivity index (χ4v) is 3.33. The minimum atomic E-state index is -1.07. The number of aliphatic carboxylic acids is 1. The molecule has 2 aromatic carbocycles. The van der Waals surface area contributed by atoms with Crippen molar-refractivity contribution in [3.63, 3.8) is 0 Å². The number of carbonyl (C=O) groups is 1. The minimum Gasteiger partial charge on any atom is -0.508 e. The molecule has 0 spiro atoms. The smallest absolute Gasteiger partial charge is 0.320 e. The van der Waals surface area contributed by atoms with Gasteiger partial charge in [0.1, 0.15) is 11.8 Å². The number of nitrogens with two attached hydrogens (primary N) is 1. The first kappa shape index (κ1) is 19.6. The lowest BCUT2D eigenvalue weighted by Gasteiger charge is -2.14. The molecule has 0 bridgehead atoms. The maximum absolute atomic E-state index is 10.9. The number of hydrogen-bond acceptors (Lipinski definition) is 3. The van der Waals surface area contributed by atoms with E-state index in [9.17, 15) is 9.90 Å². The van der Waals surface area contributed by atoms with E-state index in [1.165, 1.54) is 0 Å². The van der Waals surface area contributed by atoms with E-state index in [-0.39, 0.29) is 18.1 Å². The van der Waals surface area contributed by atoms with Crippen LogP contribution in [0.1, 0.15) is 42.0 Å². The van der Waals surface area contributed by atoms with Crippen LogP contribution in [0.25, 0.3) is 0 Å². The maximum atomic E-state index is 10.9. The summed E-state index contributed by atoms with van der Waals surface area (Å²) in [6.45, 7) is 4.03. The van der Waals surface area contributed by atoms with Gasteiger partial charge in [-0.15, -0.1) is 0 Å². The highest BCUT2D eigenvalue weighted by Gasteiger charge is 2.16. The highest BCUT2D eigenvalue weighted by atomic mass is 35.5. The number of hydrogen-bond donors (Lipinski definition) is 3. The van der Waals surface area contributed by atoms with Gasteiger partial charge in [-0.25, -0.2) is 0 Å². The first-order valence-electron chi connectivity index (χ1n) is 7.96. The van der Waals surface area contributed by atoms with Gasteiger partial charge in [-0.2, -0.15) is 0 Å². The zero-order valence-electron chi connectivity index (χ0n) is 14.1. The summed E-state index contributed by atoms with van der Waals surface area (Å²) in [5.41, 5.74) is 8.86. The summed E-state index contributed by atoms with van der Waals surface area (Å²) in [5, 5.41) is 19.8. The lowest BCUT2D eigenvalue weighted by atomic mass is 9.95. The van der Waals surface area contributed by atoms with E-state index in [1.54, 1.807) is 18.2 Å². The third kappa shape index (κ3) is 4.88. The number of phenols is 1. The molecule has 0 aliphatic heterocycles. The Morgan fingerprint density at radius 1 is 1.12 bits per heavy atom. The number of carboxylic acid groups (broad SMARTS) is 1. The Morgan fingerprint density at radius 3 is 2.24 bits per heavy atom. The Kier molecular flexibility index (Phi) is 6.33. The zero-order chi connectivity index (χ0) is 18.7. The van der Waals surface area contributed by atoms with Gasteiger partial charge in [0, 0.05) is 16.5 Å². The molecule has 4 N–H and O–H groups in total. The molecule has 0 heterocycles. The molecule has 1 unspecified atom stereocenters. The van der Waals surface area contributed by atoms with E-state index in [4.69, 9.17) is 34.0 Å². The molecule has 0 saturated heterocycles. The van der Waals surface area contributed by atoms with Crippen LogP contribution in [0.5, 0.6) is 5.75 Å². The summed E-state index contributed by atoms with van der Waals surface area (Å²) < 4.78 is 0. The van der Waals surface area contributed by atoms with Crippen molar-refractivity contribution < 1.29 is 15.0 Å². The molecule has 25 heavy (non-hydrogen) atoms. The molecule has 0 aliphatic rings. The van der Waals surface area contributed by atoms with Crippen LogP contribution in [0.2, 0.25) is 10.0 Å². The van der Waals surface area contributed by atoms with Gasteiger partial charge in [0.2, 0.25) is 0 Å². The number of aromatic hydroxyl groups is 1. The molecule has 0 fully saturated rings. The van der Waals surface area contributed by atoms with Crippen molar-refractivity contribution in [3.05, 3.63) is 62.6 Å². The quantitative estimate of drug-likeness (QED) is 0.693. The monoisotopic (exact) mass is 381 g/mol. The van der Waals surface area contributed by atoms with Crippen molar-refractivity contribution in [3.8, 4) is 5.75 Å². The summed E-state index contributed by atoms with van der Waals surface area (Å²) in [7, 11) is 0. The van der Waals surface area contributed by atoms with Crippen LogP contribution in [0, 0.1) is 0 Å². The number of halogens is 2. The van der Waals surface area contributed by atoms with E-state index in [0.29, 0.717) is 22.0 Å². The second-order valence-electron chi connectivity index (χ2n) is 6.41.